The number of fused-ring (bicyclic) bond motifs is 4. The highest BCUT2D eigenvalue weighted by atomic mass is 32.2. The zero-order valence-electron chi connectivity index (χ0n) is 64.0. The number of aliphatic carboxylic acids is 1. The molecule has 5 aromatic rings. The molecule has 1 saturated heterocycles. The number of aliphatic hydroxyl groups excluding tert-OH is 1. The number of unbranched alkanes of at least 4 members (excludes halogenated alkanes) is 2. The van der Waals surface area contributed by atoms with Crippen molar-refractivity contribution >= 4 is 102 Å². The Balaban J connectivity index is 0.746. The zero-order chi connectivity index (χ0) is 80.7. The van der Waals surface area contributed by atoms with Gasteiger partial charge in [0.25, 0.3) is 27.8 Å². The third kappa shape index (κ3) is 22.6. The predicted octanol–water partition coefficient (Wildman–Crippen LogP) is 7.94. The lowest BCUT2D eigenvalue weighted by Crippen LogP contribution is -2.58. The van der Waals surface area contributed by atoms with E-state index in [2.05, 4.69) is 53.9 Å². The van der Waals surface area contributed by atoms with Crippen LogP contribution >= 0.6 is 11.3 Å². The summed E-state index contributed by atoms with van der Waals surface area (Å²) in [6, 6.07) is 17.5. The minimum atomic E-state index is -4.71. The molecule has 2 bridgehead atoms. The van der Waals surface area contributed by atoms with Crippen LogP contribution in [0.2, 0.25) is 0 Å². The van der Waals surface area contributed by atoms with Gasteiger partial charge >= 0.3 is 18.0 Å². The second kappa shape index (κ2) is 37.3. The highest BCUT2D eigenvalue weighted by molar-refractivity contribution is 7.85. The highest BCUT2D eigenvalue weighted by Gasteiger charge is 2.58. The van der Waals surface area contributed by atoms with E-state index in [1.54, 1.807) is 43.5 Å². The number of nitrogens with one attached hydrogen (secondary N) is 5. The quantitative estimate of drug-likeness (QED) is 0.00779. The number of imide groups is 1. The number of para-hydroxylation sites is 1. The Morgan fingerprint density at radius 3 is 2.32 bits per heavy atom. The molecule has 2 saturated carbocycles. The first-order valence-corrected chi connectivity index (χ1v) is 39.7. The van der Waals surface area contributed by atoms with Gasteiger partial charge in [-0.2, -0.15) is 8.42 Å². The summed E-state index contributed by atoms with van der Waals surface area (Å²) in [6.07, 6.45) is 4.23. The number of carboxylic acids is 2. The van der Waals surface area contributed by atoms with Gasteiger partial charge in [0.15, 0.2) is 16.9 Å². The molecule has 5 heterocycles. The Kier molecular flexibility index (Phi) is 28.2. The van der Waals surface area contributed by atoms with Crippen LogP contribution in [0.15, 0.2) is 84.6 Å². The van der Waals surface area contributed by atoms with Gasteiger partial charge < -0.3 is 84.4 Å². The lowest BCUT2D eigenvalue weighted by molar-refractivity contribution is -0.195. The largest absolute Gasteiger partial charge is 0.496 e. The molecule has 34 heteroatoms. The number of anilines is 2. The van der Waals surface area contributed by atoms with Crippen molar-refractivity contribution in [3.05, 3.63) is 118 Å². The van der Waals surface area contributed by atoms with Gasteiger partial charge in [-0.25, -0.2) is 24.4 Å². The number of benzene rings is 3. The van der Waals surface area contributed by atoms with E-state index < -0.39 is 87.7 Å². The number of carbonyl (C=O) groups excluding carboxylic acids is 6. The number of methoxy groups -OCH3 is 2. The summed E-state index contributed by atoms with van der Waals surface area (Å²) in [5.41, 5.74) is 2.75. The van der Waals surface area contributed by atoms with E-state index in [0.717, 1.165) is 58.1 Å². The van der Waals surface area contributed by atoms with Crippen LogP contribution in [0.25, 0.3) is 15.8 Å². The lowest BCUT2D eigenvalue weighted by atomic mass is 9.48. The van der Waals surface area contributed by atoms with Crippen LogP contribution in [-0.4, -0.2) is 224 Å². The van der Waals surface area contributed by atoms with E-state index in [1.807, 2.05) is 36.1 Å². The number of aromatic carboxylic acids is 1. The minimum absolute atomic E-state index is 0.0320. The smallest absolute Gasteiger partial charge is 0.410 e. The van der Waals surface area contributed by atoms with Crippen molar-refractivity contribution in [3.8, 4) is 17.2 Å². The molecule has 3 fully saturated rings. The van der Waals surface area contributed by atoms with Crippen LogP contribution in [0, 0.1) is 21.7 Å². The van der Waals surface area contributed by atoms with Gasteiger partial charge in [-0.15, -0.1) is 0 Å². The molecule has 32 nitrogen and oxygen atoms in total. The summed E-state index contributed by atoms with van der Waals surface area (Å²) in [4.78, 5) is 117. The van der Waals surface area contributed by atoms with Crippen molar-refractivity contribution in [3.63, 3.8) is 0 Å². The first-order chi connectivity index (χ1) is 53.3. The molecule has 5 aliphatic rings. The summed E-state index contributed by atoms with van der Waals surface area (Å²) in [5.74, 6) is -5.08. The number of allylic oxidation sites excluding steroid dienone is 2. The van der Waals surface area contributed by atoms with E-state index in [1.165, 1.54) is 41.6 Å². The van der Waals surface area contributed by atoms with Crippen LogP contribution in [0.5, 0.6) is 17.2 Å². The van der Waals surface area contributed by atoms with E-state index in [4.69, 9.17) is 48.3 Å². The molecule has 0 spiro atoms. The van der Waals surface area contributed by atoms with Gasteiger partial charge in [-0.3, -0.25) is 38.7 Å². The number of pyridine rings is 1. The second-order valence-electron chi connectivity index (χ2n) is 30.5. The standard InChI is InChI=1S/C78H100N10O22S2/c1-48(55(38-79)53-19-21-63(84-68(53)72(97)98)87-27-24-52-56(39-87)54(18-20-59(52)104-7)69(93)85-73-83-57-13-10-11-14-62(57)111-73)81-47-77(5)44-76(4)42-75(2,3)43-78(45-76,46-77)108-32-29-86(28-31-103-6)74(99)107-40-49-16-17-51(37-60(49)109-67-36-50(89)35-61(110-67)71(95)96)106-34-33-105-30-25-80-70(94)58(41-112(100,101)102)82-64(90)15-9-8-12-26-88-65(91)22-23-66(88)92/h10-11,13-14,16-23,37-38,50,58,61,67,79,81,89H,8-9,12,15,24-36,39-47H2,1-7H3,(H,80,94)(H,82,90)(H,95,96)(H,97,98)(H,83,85,93)(H,100,101,102)/b55-48+,79-38?/t50-,58-,61-,67+,76?,77?,78?/m0/s1. The van der Waals surface area contributed by atoms with Crippen molar-refractivity contribution in [2.45, 2.75) is 155 Å². The molecular formula is C78H100N10O22S2. The molecule has 2 aliphatic carbocycles. The van der Waals surface area contributed by atoms with E-state index in [0.29, 0.717) is 84.3 Å². The van der Waals surface area contributed by atoms with Gasteiger partial charge in [0.05, 0.1) is 55.5 Å². The fourth-order valence-corrected chi connectivity index (χ4v) is 18.0. The number of carbonyl (C=O) groups is 8. The first-order valence-electron chi connectivity index (χ1n) is 37.2. The van der Waals surface area contributed by atoms with Gasteiger partial charge in [0.1, 0.15) is 48.1 Å². The molecular weight excluding hydrogens is 1490 g/mol. The van der Waals surface area contributed by atoms with E-state index in [9.17, 15) is 66.6 Å². The fraction of sp³-hybridized carbons (Fsp3) is 0.526. The van der Waals surface area contributed by atoms with Crippen LogP contribution in [0.3, 0.4) is 0 Å². The van der Waals surface area contributed by atoms with Crippen LogP contribution < -0.4 is 40.4 Å². The van der Waals surface area contributed by atoms with Gasteiger partial charge in [0.2, 0.25) is 18.1 Å². The number of ether oxygens (including phenoxy) is 8. The van der Waals surface area contributed by atoms with Gasteiger partial charge in [-0.1, -0.05) is 57.6 Å². The summed E-state index contributed by atoms with van der Waals surface area (Å²) in [5, 5.41) is 51.8. The topological polar surface area (TPSA) is 433 Å². The second-order valence-corrected chi connectivity index (χ2v) is 33.1. The maximum absolute atomic E-state index is 14.3. The number of thiazole rings is 1. The number of rotatable bonds is 39. The Hall–Kier alpha value is -9.68. The molecule has 9 N–H and O–H groups in total. The average molecular weight is 1590 g/mol. The SMILES string of the molecule is COCCN(CCOC12CC(C)(C)CC(C)(CC(C)(CN/C(C)=C(\C=N)c3ccc(N4CCc5c(OC)ccc(C(=O)Nc6nc7ccccc7s6)c5C4)nc3C(=O)O)C1)C2)C(=O)OCc1ccc(OCCOCCNC(=O)[C@H](CS(=O)(=O)O)NC(=O)CCCCCN2C(=O)C=CC2=O)cc1O[C@H]1C[C@@H](O)C[C@@H](C(=O)O)O1. The third-order valence-corrected chi connectivity index (χ3v) is 22.2. The zero-order valence-corrected chi connectivity index (χ0v) is 65.6. The van der Waals surface area contributed by atoms with Crippen LogP contribution in [0.1, 0.15) is 148 Å². The van der Waals surface area contributed by atoms with Crippen molar-refractivity contribution in [2.24, 2.45) is 16.2 Å². The summed E-state index contributed by atoms with van der Waals surface area (Å²) in [6.45, 7) is 12.0. The highest BCUT2D eigenvalue weighted by Crippen LogP contribution is 2.63. The van der Waals surface area contributed by atoms with Crippen molar-refractivity contribution in [1.82, 2.24) is 35.7 Å². The number of amides is 6. The van der Waals surface area contributed by atoms with Gasteiger partial charge in [-0.05, 0) is 129 Å². The minimum Gasteiger partial charge on any atom is -0.496 e. The molecule has 0 radical (unpaired) electrons. The number of hydrogen-bond donors (Lipinski definition) is 9. The number of hydrogen-bond acceptors (Lipinski definition) is 25. The molecule has 10 rings (SSSR count). The van der Waals surface area contributed by atoms with Crippen LogP contribution in [-0.2, 0) is 77.3 Å². The number of aliphatic hydroxyl groups is 1. The van der Waals surface area contributed by atoms with Crippen molar-refractivity contribution in [1.29, 1.82) is 5.41 Å². The maximum atomic E-state index is 14.3. The van der Waals surface area contributed by atoms with E-state index in [-0.39, 0.29) is 137 Å². The molecule has 7 atom stereocenters. The van der Waals surface area contributed by atoms with Crippen molar-refractivity contribution < 1.29 is 105 Å². The van der Waals surface area contributed by atoms with Crippen molar-refractivity contribution in [2.75, 3.05) is 102 Å². The van der Waals surface area contributed by atoms with Crippen LogP contribution in [0.4, 0.5) is 15.7 Å². The molecule has 606 valence electrons. The Morgan fingerprint density at radius 2 is 1.60 bits per heavy atom. The van der Waals surface area contributed by atoms with E-state index >= 15 is 0 Å². The summed E-state index contributed by atoms with van der Waals surface area (Å²) < 4.78 is 81.8. The molecule has 2 aromatic heterocycles. The lowest BCUT2D eigenvalue weighted by Gasteiger charge is -2.61. The number of nitrogens with zero attached hydrogens (tertiary/aromatic N) is 5. The molecule has 3 unspecified atom stereocenters. The molecule has 3 aliphatic heterocycles. The Labute approximate surface area is 653 Å². The normalized spacial score (nSPS) is 21.7. The first kappa shape index (κ1) is 84.8. The van der Waals surface area contributed by atoms with Gasteiger partial charge in [0, 0.05) is 130 Å². The Bertz CT molecular complexity index is 4440. The summed E-state index contributed by atoms with van der Waals surface area (Å²) >= 11 is 1.37. The maximum Gasteiger partial charge on any atom is 0.410 e. The molecule has 112 heavy (non-hydrogen) atoms. The third-order valence-electron chi connectivity index (χ3n) is 20.5. The summed E-state index contributed by atoms with van der Waals surface area (Å²) in [7, 11) is -1.62. The predicted molar refractivity (Wildman–Crippen MR) is 412 cm³/mol. The Morgan fingerprint density at radius 1 is 0.839 bits per heavy atom. The average Bonchev–Trinajstić information content (AvgIpc) is 0.780. The monoisotopic (exact) mass is 1590 g/mol. The number of aromatic nitrogens is 2. The fourth-order valence-electron chi connectivity index (χ4n) is 16.5. The molecule has 3 aromatic carbocycles. The number of carboxylic acid groups (broad SMARTS) is 2. The molecule has 6 amide bonds.